The van der Waals surface area contributed by atoms with Crippen LogP contribution in [-0.4, -0.2) is 52.5 Å². The molecule has 0 aliphatic carbocycles. The number of benzene rings is 1. The van der Waals surface area contributed by atoms with E-state index >= 15 is 0 Å². The van der Waals surface area contributed by atoms with Gasteiger partial charge in [-0.1, -0.05) is 13.3 Å². The fourth-order valence-corrected chi connectivity index (χ4v) is 4.38. The molecule has 0 bridgehead atoms. The number of hydrogen-bond acceptors (Lipinski definition) is 4. The van der Waals surface area contributed by atoms with Crippen LogP contribution in [0.4, 0.5) is 10.2 Å². The first kappa shape index (κ1) is 18.3. The number of anilines is 1. The molecule has 150 valence electrons. The van der Waals surface area contributed by atoms with E-state index in [1.165, 1.54) is 6.07 Å². The monoisotopic (exact) mass is 391 g/mol. The standard InChI is InChI=1S/C23H26FN5/c1-3-5-18-21-15-16-14-17(24)6-8-20(16)29(21)23-19(25-18)7-9-22(26-23)28-11-4-10-27(2)12-13-28/h6-9,14-15H,3-5,10-13H2,1-2H3. The van der Waals surface area contributed by atoms with Crippen molar-refractivity contribution in [1.29, 1.82) is 0 Å². The van der Waals surface area contributed by atoms with Gasteiger partial charge in [0.25, 0.3) is 0 Å². The predicted molar refractivity (Wildman–Crippen MR) is 116 cm³/mol. The summed E-state index contributed by atoms with van der Waals surface area (Å²) in [6.07, 6.45) is 3.03. The average Bonchev–Trinajstić information content (AvgIpc) is 2.95. The zero-order valence-corrected chi connectivity index (χ0v) is 17.0. The molecule has 1 aliphatic rings. The molecule has 6 heteroatoms. The van der Waals surface area contributed by atoms with Crippen molar-refractivity contribution in [2.24, 2.45) is 0 Å². The Morgan fingerprint density at radius 3 is 2.72 bits per heavy atom. The van der Waals surface area contributed by atoms with Crippen molar-refractivity contribution >= 4 is 33.4 Å². The number of halogens is 1. The largest absolute Gasteiger partial charge is 0.355 e. The molecule has 5 rings (SSSR count). The number of nitrogens with zero attached hydrogens (tertiary/aromatic N) is 5. The van der Waals surface area contributed by atoms with Crippen molar-refractivity contribution < 1.29 is 4.39 Å². The fraction of sp³-hybridized carbons (Fsp3) is 0.391. The molecule has 0 unspecified atom stereocenters. The summed E-state index contributed by atoms with van der Waals surface area (Å²) in [7, 11) is 2.17. The molecule has 0 radical (unpaired) electrons. The van der Waals surface area contributed by atoms with Gasteiger partial charge in [0, 0.05) is 25.0 Å². The van der Waals surface area contributed by atoms with Crippen LogP contribution in [0.2, 0.25) is 0 Å². The molecule has 5 nitrogen and oxygen atoms in total. The maximum atomic E-state index is 13.9. The number of aromatic nitrogens is 3. The molecule has 0 saturated carbocycles. The molecule has 0 atom stereocenters. The van der Waals surface area contributed by atoms with Crippen LogP contribution < -0.4 is 4.90 Å². The Bertz CT molecular complexity index is 1200. The lowest BCUT2D eigenvalue weighted by atomic mass is 10.2. The van der Waals surface area contributed by atoms with Gasteiger partial charge in [-0.2, -0.15) is 0 Å². The van der Waals surface area contributed by atoms with Crippen molar-refractivity contribution in [3.05, 3.63) is 47.9 Å². The first-order valence-electron chi connectivity index (χ1n) is 10.5. The quantitative estimate of drug-likeness (QED) is 0.523. The van der Waals surface area contributed by atoms with E-state index < -0.39 is 0 Å². The van der Waals surface area contributed by atoms with Crippen LogP contribution in [0.3, 0.4) is 0 Å². The van der Waals surface area contributed by atoms with E-state index in [9.17, 15) is 4.39 Å². The molecular formula is C23H26FN5. The van der Waals surface area contributed by atoms with Crippen molar-refractivity contribution in [3.63, 3.8) is 0 Å². The van der Waals surface area contributed by atoms with Gasteiger partial charge in [-0.3, -0.25) is 4.40 Å². The molecular weight excluding hydrogens is 365 g/mol. The van der Waals surface area contributed by atoms with Crippen LogP contribution in [0.5, 0.6) is 0 Å². The summed E-state index contributed by atoms with van der Waals surface area (Å²) in [5.41, 5.74) is 4.78. The minimum Gasteiger partial charge on any atom is -0.355 e. The van der Waals surface area contributed by atoms with Crippen molar-refractivity contribution in [2.75, 3.05) is 38.1 Å². The van der Waals surface area contributed by atoms with Crippen LogP contribution in [0.25, 0.3) is 27.6 Å². The van der Waals surface area contributed by atoms with E-state index in [0.717, 1.165) is 84.5 Å². The van der Waals surface area contributed by atoms with Crippen molar-refractivity contribution in [1.82, 2.24) is 19.3 Å². The Hall–Kier alpha value is -2.73. The zero-order chi connectivity index (χ0) is 20.0. The minimum atomic E-state index is -0.218. The number of rotatable bonds is 3. The second kappa shape index (κ2) is 7.26. The summed E-state index contributed by atoms with van der Waals surface area (Å²) in [5.74, 6) is 0.771. The summed E-state index contributed by atoms with van der Waals surface area (Å²) < 4.78 is 16.0. The first-order valence-corrected chi connectivity index (χ1v) is 10.5. The molecule has 0 N–H and O–H groups in total. The van der Waals surface area contributed by atoms with E-state index in [1.807, 2.05) is 12.1 Å². The number of likely N-dealkylation sites (N-methyl/N-ethyl adjacent to an activating group) is 1. The lowest BCUT2D eigenvalue weighted by Crippen LogP contribution is -2.29. The smallest absolute Gasteiger partial charge is 0.166 e. The lowest BCUT2D eigenvalue weighted by Gasteiger charge is -2.22. The van der Waals surface area contributed by atoms with Gasteiger partial charge in [0.2, 0.25) is 0 Å². The average molecular weight is 391 g/mol. The Morgan fingerprint density at radius 1 is 0.966 bits per heavy atom. The molecule has 29 heavy (non-hydrogen) atoms. The van der Waals surface area contributed by atoms with Crippen LogP contribution in [-0.2, 0) is 6.42 Å². The van der Waals surface area contributed by atoms with Gasteiger partial charge in [0.05, 0.1) is 16.7 Å². The van der Waals surface area contributed by atoms with Crippen LogP contribution in [0.1, 0.15) is 25.5 Å². The van der Waals surface area contributed by atoms with Gasteiger partial charge in [-0.15, -0.1) is 0 Å². The molecule has 1 aromatic carbocycles. The van der Waals surface area contributed by atoms with Crippen LogP contribution in [0.15, 0.2) is 36.4 Å². The number of aryl methyl sites for hydroxylation is 1. The molecule has 1 fully saturated rings. The van der Waals surface area contributed by atoms with Gasteiger partial charge in [-0.25, -0.2) is 14.4 Å². The van der Waals surface area contributed by atoms with Crippen molar-refractivity contribution in [3.8, 4) is 0 Å². The van der Waals surface area contributed by atoms with E-state index in [4.69, 9.17) is 9.97 Å². The van der Waals surface area contributed by atoms with E-state index in [-0.39, 0.29) is 5.82 Å². The number of fused-ring (bicyclic) bond motifs is 5. The molecule has 3 aromatic heterocycles. The summed E-state index contributed by atoms with van der Waals surface area (Å²) in [4.78, 5) is 14.7. The SMILES string of the molecule is CCCc1nc2ccc(N3CCCN(C)CC3)nc2n2c1cc1cc(F)ccc12. The Kier molecular flexibility index (Phi) is 4.59. The number of hydrogen-bond donors (Lipinski definition) is 0. The van der Waals surface area contributed by atoms with Gasteiger partial charge >= 0.3 is 0 Å². The van der Waals surface area contributed by atoms with Crippen LogP contribution in [0, 0.1) is 5.82 Å². The third-order valence-electron chi connectivity index (χ3n) is 5.90. The van der Waals surface area contributed by atoms with Gasteiger partial charge in [0.1, 0.15) is 17.2 Å². The Balaban J connectivity index is 1.74. The Labute approximate surface area is 169 Å². The Morgan fingerprint density at radius 2 is 1.86 bits per heavy atom. The summed E-state index contributed by atoms with van der Waals surface area (Å²) in [5, 5.41) is 0.889. The highest BCUT2D eigenvalue weighted by Gasteiger charge is 2.17. The molecule has 1 saturated heterocycles. The van der Waals surface area contributed by atoms with Gasteiger partial charge in [-0.05, 0) is 62.8 Å². The fourth-order valence-electron chi connectivity index (χ4n) is 4.38. The topological polar surface area (TPSA) is 36.7 Å². The normalized spacial score (nSPS) is 16.2. The number of pyridine rings is 1. The second-order valence-electron chi connectivity index (χ2n) is 8.03. The molecule has 0 spiro atoms. The predicted octanol–water partition coefficient (Wildman–Crippen LogP) is 4.27. The van der Waals surface area contributed by atoms with E-state index in [2.05, 4.69) is 40.3 Å². The summed E-state index contributed by atoms with van der Waals surface area (Å²) in [6.45, 7) is 6.28. The van der Waals surface area contributed by atoms with Gasteiger partial charge < -0.3 is 9.80 Å². The van der Waals surface area contributed by atoms with E-state index in [1.54, 1.807) is 6.07 Å². The molecule has 4 heterocycles. The lowest BCUT2D eigenvalue weighted by molar-refractivity contribution is 0.360. The van der Waals surface area contributed by atoms with Crippen molar-refractivity contribution in [2.45, 2.75) is 26.2 Å². The zero-order valence-electron chi connectivity index (χ0n) is 17.0. The third kappa shape index (κ3) is 3.21. The summed E-state index contributed by atoms with van der Waals surface area (Å²) in [6, 6.07) is 11.2. The molecule has 1 aliphatic heterocycles. The highest BCUT2D eigenvalue weighted by atomic mass is 19.1. The first-order chi connectivity index (χ1) is 14.1. The highest BCUT2D eigenvalue weighted by molar-refractivity contribution is 5.93. The maximum absolute atomic E-state index is 13.9. The highest BCUT2D eigenvalue weighted by Crippen LogP contribution is 2.28. The molecule has 4 aromatic rings. The van der Waals surface area contributed by atoms with E-state index in [0.29, 0.717) is 0 Å². The molecule has 0 amide bonds. The minimum absolute atomic E-state index is 0.218. The third-order valence-corrected chi connectivity index (χ3v) is 5.90. The maximum Gasteiger partial charge on any atom is 0.166 e. The van der Waals surface area contributed by atoms with Gasteiger partial charge in [0.15, 0.2) is 5.65 Å². The summed E-state index contributed by atoms with van der Waals surface area (Å²) >= 11 is 0. The second-order valence-corrected chi connectivity index (χ2v) is 8.03. The van der Waals surface area contributed by atoms with Crippen LogP contribution >= 0.6 is 0 Å².